The monoisotopic (exact) mass is 454 g/mol. The van der Waals surface area contributed by atoms with Crippen molar-refractivity contribution in [1.82, 2.24) is 9.21 Å². The van der Waals surface area contributed by atoms with E-state index in [-0.39, 0.29) is 29.3 Å². The Balaban J connectivity index is 1.36. The summed E-state index contributed by atoms with van der Waals surface area (Å²) in [7, 11) is -2.09. The molecule has 2 aliphatic carbocycles. The number of nitrogens with zero attached hydrogens (tertiary/aromatic N) is 2. The molecule has 1 heterocycles. The third-order valence-corrected chi connectivity index (χ3v) is 8.94. The number of methoxy groups -OCH3 is 1. The van der Waals surface area contributed by atoms with Crippen LogP contribution >= 0.6 is 0 Å². The summed E-state index contributed by atoms with van der Waals surface area (Å²) in [5.41, 5.74) is 2.61. The van der Waals surface area contributed by atoms with Gasteiger partial charge in [0.1, 0.15) is 5.75 Å². The maximum atomic E-state index is 13.8. The first-order valence-corrected chi connectivity index (χ1v) is 13.0. The van der Waals surface area contributed by atoms with Crippen molar-refractivity contribution in [2.24, 2.45) is 5.92 Å². The van der Waals surface area contributed by atoms with E-state index in [4.69, 9.17) is 4.74 Å². The highest BCUT2D eigenvalue weighted by Crippen LogP contribution is 2.43. The molecule has 0 spiro atoms. The van der Waals surface area contributed by atoms with Gasteiger partial charge in [-0.05, 0) is 73.9 Å². The quantitative estimate of drug-likeness (QED) is 0.666. The van der Waals surface area contributed by atoms with Gasteiger partial charge in [-0.15, -0.1) is 0 Å². The number of hydrogen-bond acceptors (Lipinski definition) is 4. The second kappa shape index (κ2) is 8.52. The van der Waals surface area contributed by atoms with Crippen molar-refractivity contribution in [3.05, 3.63) is 59.7 Å². The SMILES string of the molecule is COc1ccc(S(=O)(=O)N2CCCC(C(=O)N(C3CC3)C3CCc4ccccc43)C2)cc1. The number of benzene rings is 2. The van der Waals surface area contributed by atoms with E-state index in [9.17, 15) is 13.2 Å². The van der Waals surface area contributed by atoms with Crippen LogP contribution in [0.2, 0.25) is 0 Å². The van der Waals surface area contributed by atoms with Crippen LogP contribution in [0, 0.1) is 5.92 Å². The van der Waals surface area contributed by atoms with Gasteiger partial charge in [-0.25, -0.2) is 8.42 Å². The Kier molecular flexibility index (Phi) is 5.72. The van der Waals surface area contributed by atoms with Crippen molar-refractivity contribution in [2.75, 3.05) is 20.2 Å². The Morgan fingerprint density at radius 2 is 1.78 bits per heavy atom. The van der Waals surface area contributed by atoms with E-state index in [0.717, 1.165) is 32.1 Å². The van der Waals surface area contributed by atoms with Crippen LogP contribution < -0.4 is 4.74 Å². The number of amides is 1. The van der Waals surface area contributed by atoms with Gasteiger partial charge in [0, 0.05) is 19.1 Å². The third-order valence-electron chi connectivity index (χ3n) is 7.06. The smallest absolute Gasteiger partial charge is 0.243 e. The number of aryl methyl sites for hydroxylation is 1. The molecular weight excluding hydrogens is 424 g/mol. The molecular formula is C25H30N2O4S. The van der Waals surface area contributed by atoms with Gasteiger partial charge in [0.15, 0.2) is 0 Å². The van der Waals surface area contributed by atoms with E-state index in [1.165, 1.54) is 15.4 Å². The second-order valence-corrected chi connectivity index (χ2v) is 11.0. The first kappa shape index (κ1) is 21.5. The predicted octanol–water partition coefficient (Wildman–Crippen LogP) is 3.77. The number of carbonyl (C=O) groups is 1. The number of carbonyl (C=O) groups excluding carboxylic acids is 1. The lowest BCUT2D eigenvalue weighted by Crippen LogP contribution is -2.48. The summed E-state index contributed by atoms with van der Waals surface area (Å²) in [6, 6.07) is 15.3. The van der Waals surface area contributed by atoms with Crippen molar-refractivity contribution in [3.63, 3.8) is 0 Å². The van der Waals surface area contributed by atoms with Crippen LogP contribution in [0.1, 0.15) is 49.3 Å². The van der Waals surface area contributed by atoms with E-state index in [2.05, 4.69) is 29.2 Å². The molecule has 2 fully saturated rings. The van der Waals surface area contributed by atoms with E-state index in [0.29, 0.717) is 24.8 Å². The maximum absolute atomic E-state index is 13.8. The minimum absolute atomic E-state index is 0.125. The first-order chi connectivity index (χ1) is 15.5. The number of rotatable bonds is 6. The third kappa shape index (κ3) is 3.92. The molecule has 2 aromatic carbocycles. The topological polar surface area (TPSA) is 66.9 Å². The van der Waals surface area contributed by atoms with Gasteiger partial charge < -0.3 is 9.64 Å². The van der Waals surface area contributed by atoms with Gasteiger partial charge >= 0.3 is 0 Å². The molecule has 170 valence electrons. The van der Waals surface area contributed by atoms with E-state index in [1.807, 2.05) is 0 Å². The fraction of sp³-hybridized carbons (Fsp3) is 0.480. The van der Waals surface area contributed by atoms with Crippen LogP contribution in [-0.4, -0.2) is 49.8 Å². The molecule has 1 saturated heterocycles. The van der Waals surface area contributed by atoms with E-state index >= 15 is 0 Å². The second-order valence-electron chi connectivity index (χ2n) is 9.11. The molecule has 0 N–H and O–H groups in total. The van der Waals surface area contributed by atoms with Crippen LogP contribution in [0.5, 0.6) is 5.75 Å². The highest BCUT2D eigenvalue weighted by atomic mass is 32.2. The molecule has 7 heteroatoms. The van der Waals surface area contributed by atoms with E-state index in [1.54, 1.807) is 31.4 Å². The molecule has 6 nitrogen and oxygen atoms in total. The minimum atomic E-state index is -3.64. The standard InChI is InChI=1S/C25H30N2O4S/c1-31-21-11-13-22(14-12-21)32(29,30)26-16-4-6-19(17-26)25(28)27(20-9-10-20)24-15-8-18-5-2-3-7-23(18)24/h2-3,5,7,11-14,19-20,24H,4,6,8-10,15-17H2,1H3. The lowest BCUT2D eigenvalue weighted by molar-refractivity contribution is -0.140. The molecule has 32 heavy (non-hydrogen) atoms. The number of sulfonamides is 1. The lowest BCUT2D eigenvalue weighted by Gasteiger charge is -2.37. The zero-order chi connectivity index (χ0) is 22.3. The van der Waals surface area contributed by atoms with Crippen molar-refractivity contribution in [1.29, 1.82) is 0 Å². The van der Waals surface area contributed by atoms with Crippen LogP contribution in [0.25, 0.3) is 0 Å². The summed E-state index contributed by atoms with van der Waals surface area (Å²) in [5.74, 6) is 0.460. The van der Waals surface area contributed by atoms with Crippen LogP contribution in [0.15, 0.2) is 53.4 Å². The maximum Gasteiger partial charge on any atom is 0.243 e. The number of piperidine rings is 1. The van der Waals surface area contributed by atoms with Crippen LogP contribution in [0.4, 0.5) is 0 Å². The average molecular weight is 455 g/mol. The zero-order valence-electron chi connectivity index (χ0n) is 18.4. The van der Waals surface area contributed by atoms with Gasteiger partial charge in [-0.2, -0.15) is 4.31 Å². The molecule has 2 unspecified atom stereocenters. The van der Waals surface area contributed by atoms with Crippen molar-refractivity contribution >= 4 is 15.9 Å². The van der Waals surface area contributed by atoms with Crippen molar-refractivity contribution in [3.8, 4) is 5.75 Å². The Morgan fingerprint density at radius 3 is 2.50 bits per heavy atom. The minimum Gasteiger partial charge on any atom is -0.497 e. The Hall–Kier alpha value is -2.38. The molecule has 0 bridgehead atoms. The number of hydrogen-bond donors (Lipinski definition) is 0. The number of fused-ring (bicyclic) bond motifs is 1. The van der Waals surface area contributed by atoms with Crippen molar-refractivity contribution in [2.45, 2.75) is 55.5 Å². The highest BCUT2D eigenvalue weighted by Gasteiger charge is 2.44. The number of ether oxygens (including phenoxy) is 1. The molecule has 0 aromatic heterocycles. The molecule has 1 aliphatic heterocycles. The summed E-state index contributed by atoms with van der Waals surface area (Å²) in [6.45, 7) is 0.707. The van der Waals surface area contributed by atoms with Gasteiger partial charge in [0.2, 0.25) is 15.9 Å². The Labute approximate surface area is 190 Å². The Morgan fingerprint density at radius 1 is 1.03 bits per heavy atom. The van der Waals surface area contributed by atoms with Crippen LogP contribution in [0.3, 0.4) is 0 Å². The summed E-state index contributed by atoms with van der Waals surface area (Å²) >= 11 is 0. The fourth-order valence-electron chi connectivity index (χ4n) is 5.23. The van der Waals surface area contributed by atoms with Crippen LogP contribution in [-0.2, 0) is 21.2 Å². The molecule has 3 aliphatic rings. The largest absolute Gasteiger partial charge is 0.497 e. The summed E-state index contributed by atoms with van der Waals surface area (Å²) < 4.78 is 33.1. The molecule has 0 radical (unpaired) electrons. The molecule has 5 rings (SSSR count). The normalized spacial score (nSPS) is 23.5. The average Bonchev–Trinajstić information content (AvgIpc) is 3.58. The van der Waals surface area contributed by atoms with E-state index < -0.39 is 10.0 Å². The summed E-state index contributed by atoms with van der Waals surface area (Å²) in [6.07, 6.45) is 5.49. The highest BCUT2D eigenvalue weighted by molar-refractivity contribution is 7.89. The Bertz CT molecular complexity index is 1100. The van der Waals surface area contributed by atoms with Crippen molar-refractivity contribution < 1.29 is 17.9 Å². The molecule has 2 atom stereocenters. The van der Waals surface area contributed by atoms with Gasteiger partial charge in [-0.3, -0.25) is 4.79 Å². The zero-order valence-corrected chi connectivity index (χ0v) is 19.3. The predicted molar refractivity (Wildman–Crippen MR) is 122 cm³/mol. The summed E-state index contributed by atoms with van der Waals surface area (Å²) in [4.78, 5) is 16.1. The van der Waals surface area contributed by atoms with Gasteiger partial charge in [-0.1, -0.05) is 24.3 Å². The molecule has 2 aromatic rings. The molecule has 1 amide bonds. The summed E-state index contributed by atoms with van der Waals surface area (Å²) in [5, 5.41) is 0. The lowest BCUT2D eigenvalue weighted by atomic mass is 9.96. The fourth-order valence-corrected chi connectivity index (χ4v) is 6.76. The molecule has 1 saturated carbocycles. The first-order valence-electron chi connectivity index (χ1n) is 11.5. The van der Waals surface area contributed by atoms with Gasteiger partial charge in [0.25, 0.3) is 0 Å². The van der Waals surface area contributed by atoms with Gasteiger partial charge in [0.05, 0.1) is 24.0 Å².